The topological polar surface area (TPSA) is 107 Å². The number of esters is 2. The average molecular weight is 397 g/mol. The van der Waals surface area contributed by atoms with E-state index < -0.39 is 41.6 Å². The first kappa shape index (κ1) is 20.6. The number of Topliss-reactive ketones (excluding diaryl/α,β-unsaturated/α-hetero) is 1. The summed E-state index contributed by atoms with van der Waals surface area (Å²) in [7, 11) is 0. The first-order chi connectivity index (χ1) is 14.1. The Balaban J connectivity index is 2.08. The van der Waals surface area contributed by atoms with Crippen molar-refractivity contribution in [3.05, 3.63) is 60.2 Å². The Hall–Kier alpha value is -3.13. The van der Waals surface area contributed by atoms with Gasteiger partial charge in [-0.1, -0.05) is 12.1 Å². The van der Waals surface area contributed by atoms with Crippen LogP contribution < -0.4 is 5.32 Å². The molecule has 0 aromatic carbocycles. The zero-order valence-corrected chi connectivity index (χ0v) is 16.3. The van der Waals surface area contributed by atoms with E-state index in [2.05, 4.69) is 15.3 Å². The smallest absolute Gasteiger partial charge is 0.318 e. The summed E-state index contributed by atoms with van der Waals surface area (Å²) in [5.41, 5.74) is 1.30. The van der Waals surface area contributed by atoms with Crippen LogP contribution in [0.25, 0.3) is 0 Å². The van der Waals surface area contributed by atoms with Crippen LogP contribution in [0.5, 0.6) is 0 Å². The second-order valence-electron chi connectivity index (χ2n) is 6.56. The van der Waals surface area contributed by atoms with E-state index in [0.717, 1.165) is 0 Å². The number of carbonyl (C=O) groups excluding carboxylic acids is 3. The number of rotatable bonds is 6. The Morgan fingerprint density at radius 3 is 1.69 bits per heavy atom. The van der Waals surface area contributed by atoms with Crippen molar-refractivity contribution in [1.29, 1.82) is 0 Å². The molecule has 0 bridgehead atoms. The Kier molecular flexibility index (Phi) is 6.66. The fraction of sp³-hybridized carbons (Fsp3) is 0.381. The van der Waals surface area contributed by atoms with Gasteiger partial charge in [0.2, 0.25) is 0 Å². The molecule has 2 aromatic rings. The van der Waals surface area contributed by atoms with E-state index >= 15 is 0 Å². The van der Waals surface area contributed by atoms with E-state index in [-0.39, 0.29) is 13.2 Å². The third-order valence-corrected chi connectivity index (χ3v) is 4.81. The number of ketones is 1. The molecule has 1 N–H and O–H groups in total. The Bertz CT molecular complexity index is 790. The van der Waals surface area contributed by atoms with Crippen molar-refractivity contribution in [3.8, 4) is 0 Å². The molecule has 0 spiro atoms. The number of piperidine rings is 1. The van der Waals surface area contributed by atoms with Crippen LogP contribution >= 0.6 is 0 Å². The van der Waals surface area contributed by atoms with Gasteiger partial charge >= 0.3 is 11.9 Å². The molecule has 2 aromatic heterocycles. The first-order valence-corrected chi connectivity index (χ1v) is 9.51. The molecule has 4 atom stereocenters. The molecule has 1 aliphatic heterocycles. The highest BCUT2D eigenvalue weighted by molar-refractivity contribution is 6.10. The lowest BCUT2D eigenvalue weighted by atomic mass is 9.75. The van der Waals surface area contributed by atoms with Crippen molar-refractivity contribution >= 4 is 17.7 Å². The molecular formula is C21H23N3O5. The maximum absolute atomic E-state index is 13.4. The van der Waals surface area contributed by atoms with Crippen LogP contribution in [0.15, 0.2) is 49.1 Å². The predicted octanol–water partition coefficient (Wildman–Crippen LogP) is 1.79. The average Bonchev–Trinajstić information content (AvgIpc) is 2.74. The second-order valence-corrected chi connectivity index (χ2v) is 6.56. The molecule has 3 heterocycles. The maximum atomic E-state index is 13.4. The van der Waals surface area contributed by atoms with Crippen molar-refractivity contribution in [1.82, 2.24) is 15.3 Å². The molecule has 152 valence electrons. The van der Waals surface area contributed by atoms with Crippen LogP contribution in [-0.4, -0.2) is 40.9 Å². The van der Waals surface area contributed by atoms with Crippen LogP contribution in [0.4, 0.5) is 0 Å². The van der Waals surface area contributed by atoms with E-state index in [1.807, 2.05) is 0 Å². The van der Waals surface area contributed by atoms with E-state index in [4.69, 9.17) is 9.47 Å². The molecule has 1 aliphatic rings. The monoisotopic (exact) mass is 397 g/mol. The zero-order valence-electron chi connectivity index (χ0n) is 16.3. The largest absolute Gasteiger partial charge is 0.465 e. The van der Waals surface area contributed by atoms with Gasteiger partial charge in [0.05, 0.1) is 25.3 Å². The highest BCUT2D eigenvalue weighted by Crippen LogP contribution is 2.39. The molecule has 0 unspecified atom stereocenters. The predicted molar refractivity (Wildman–Crippen MR) is 102 cm³/mol. The highest BCUT2D eigenvalue weighted by Gasteiger charge is 2.52. The summed E-state index contributed by atoms with van der Waals surface area (Å²) in [5, 5.41) is 3.29. The molecular weight excluding hydrogens is 374 g/mol. The van der Waals surface area contributed by atoms with E-state index in [1.54, 1.807) is 62.9 Å². The van der Waals surface area contributed by atoms with Crippen LogP contribution in [0, 0.1) is 11.8 Å². The molecule has 3 rings (SSSR count). The fourth-order valence-corrected chi connectivity index (χ4v) is 3.57. The van der Waals surface area contributed by atoms with Gasteiger partial charge in [0, 0.05) is 24.8 Å². The van der Waals surface area contributed by atoms with Gasteiger partial charge in [0.1, 0.15) is 11.8 Å². The van der Waals surface area contributed by atoms with Gasteiger partial charge in [-0.25, -0.2) is 0 Å². The first-order valence-electron chi connectivity index (χ1n) is 9.51. The van der Waals surface area contributed by atoms with Gasteiger partial charge in [0.25, 0.3) is 0 Å². The minimum absolute atomic E-state index is 0.123. The Labute approximate surface area is 168 Å². The number of carbonyl (C=O) groups is 3. The van der Waals surface area contributed by atoms with Crippen molar-refractivity contribution < 1.29 is 23.9 Å². The molecule has 0 radical (unpaired) electrons. The van der Waals surface area contributed by atoms with Crippen molar-refractivity contribution in [2.24, 2.45) is 11.8 Å². The van der Waals surface area contributed by atoms with E-state index in [1.165, 1.54) is 0 Å². The fourth-order valence-electron chi connectivity index (χ4n) is 3.57. The summed E-state index contributed by atoms with van der Waals surface area (Å²) in [6.07, 6.45) is 6.38. The highest BCUT2D eigenvalue weighted by atomic mass is 16.5. The summed E-state index contributed by atoms with van der Waals surface area (Å²) in [6.45, 7) is 3.58. The normalized spacial score (nSPS) is 24.0. The van der Waals surface area contributed by atoms with Crippen molar-refractivity contribution in [2.75, 3.05) is 13.2 Å². The van der Waals surface area contributed by atoms with Crippen LogP contribution in [0.1, 0.15) is 37.1 Å². The van der Waals surface area contributed by atoms with Crippen LogP contribution in [-0.2, 0) is 23.9 Å². The zero-order chi connectivity index (χ0) is 20.8. The SMILES string of the molecule is CCOC(=O)[C@@H]1C(=O)[C@H](C(=O)OCC)[C@H](c2cccnc2)N[C@@H]1c1cccnc1. The minimum atomic E-state index is -1.19. The molecule has 8 heteroatoms. The van der Waals surface area contributed by atoms with E-state index in [0.29, 0.717) is 11.1 Å². The second kappa shape index (κ2) is 9.38. The molecule has 1 saturated heterocycles. The molecule has 0 saturated carbocycles. The van der Waals surface area contributed by atoms with Gasteiger partial charge in [-0.2, -0.15) is 0 Å². The number of ether oxygens (including phenoxy) is 2. The summed E-state index contributed by atoms with van der Waals surface area (Å²) in [5.74, 6) is -4.29. The van der Waals surface area contributed by atoms with Crippen LogP contribution in [0.3, 0.4) is 0 Å². The van der Waals surface area contributed by atoms with Gasteiger partial charge in [0.15, 0.2) is 5.78 Å². The van der Waals surface area contributed by atoms with Gasteiger partial charge in [-0.05, 0) is 37.1 Å². The summed E-state index contributed by atoms with van der Waals surface area (Å²) >= 11 is 0. The molecule has 0 amide bonds. The Morgan fingerprint density at radius 2 is 1.34 bits per heavy atom. The van der Waals surface area contributed by atoms with Gasteiger partial charge in [-0.15, -0.1) is 0 Å². The maximum Gasteiger partial charge on any atom is 0.318 e. The standard InChI is InChI=1S/C21H23N3O5/c1-3-28-20(26)15-17(13-7-5-9-22-11-13)24-18(14-8-6-10-23-12-14)16(19(15)25)21(27)29-4-2/h5-12,15-18,24H,3-4H2,1-2H3/t15-,16+,17+,18-. The molecule has 29 heavy (non-hydrogen) atoms. The third kappa shape index (κ3) is 4.32. The number of nitrogens with zero attached hydrogens (tertiary/aromatic N) is 2. The quantitative estimate of drug-likeness (QED) is 0.581. The lowest BCUT2D eigenvalue weighted by Gasteiger charge is -2.39. The summed E-state index contributed by atoms with van der Waals surface area (Å²) in [4.78, 5) is 47.0. The number of pyridine rings is 2. The minimum Gasteiger partial charge on any atom is -0.465 e. The number of aromatic nitrogens is 2. The van der Waals surface area contributed by atoms with Crippen LogP contribution in [0.2, 0.25) is 0 Å². The summed E-state index contributed by atoms with van der Waals surface area (Å²) < 4.78 is 10.3. The van der Waals surface area contributed by atoms with E-state index in [9.17, 15) is 14.4 Å². The third-order valence-electron chi connectivity index (χ3n) is 4.81. The number of nitrogens with one attached hydrogen (secondary N) is 1. The molecule has 1 fully saturated rings. The lowest BCUT2D eigenvalue weighted by Crippen LogP contribution is -2.54. The number of hydrogen-bond donors (Lipinski definition) is 1. The summed E-state index contributed by atoms with van der Waals surface area (Å²) in [6, 6.07) is 5.59. The number of hydrogen-bond acceptors (Lipinski definition) is 8. The molecule has 8 nitrogen and oxygen atoms in total. The van der Waals surface area contributed by atoms with Crippen molar-refractivity contribution in [2.45, 2.75) is 25.9 Å². The Morgan fingerprint density at radius 1 is 0.897 bits per heavy atom. The lowest BCUT2D eigenvalue weighted by molar-refractivity contribution is -0.162. The van der Waals surface area contributed by atoms with Crippen molar-refractivity contribution in [3.63, 3.8) is 0 Å². The molecule has 0 aliphatic carbocycles. The van der Waals surface area contributed by atoms with Gasteiger partial charge in [-0.3, -0.25) is 24.4 Å². The van der Waals surface area contributed by atoms with Gasteiger partial charge < -0.3 is 14.8 Å².